The molecule has 1 aliphatic carbocycles. The maximum Gasteiger partial charge on any atom is 0.314 e. The molecule has 0 spiro atoms. The summed E-state index contributed by atoms with van der Waals surface area (Å²) in [6.45, 7) is 0.778. The van der Waals surface area contributed by atoms with Crippen molar-refractivity contribution in [1.29, 1.82) is 0 Å². The van der Waals surface area contributed by atoms with Crippen LogP contribution in [0.5, 0.6) is 0 Å². The Labute approximate surface area is 185 Å². The van der Waals surface area contributed by atoms with E-state index in [9.17, 15) is 14.4 Å². The quantitative estimate of drug-likeness (QED) is 0.614. The molecule has 4 rings (SSSR count). The first-order valence-corrected chi connectivity index (χ1v) is 10.5. The summed E-state index contributed by atoms with van der Waals surface area (Å²) in [4.78, 5) is 39.6. The molecule has 0 aromatic heterocycles. The normalized spacial score (nSPS) is 24.5. The van der Waals surface area contributed by atoms with E-state index in [1.165, 1.54) is 4.90 Å². The van der Waals surface area contributed by atoms with Gasteiger partial charge in [0.05, 0.1) is 13.2 Å². The van der Waals surface area contributed by atoms with Gasteiger partial charge in [0.15, 0.2) is 0 Å². The van der Waals surface area contributed by atoms with Crippen molar-refractivity contribution < 1.29 is 33.0 Å². The van der Waals surface area contributed by atoms with Crippen molar-refractivity contribution in [3.05, 3.63) is 71.8 Å². The molecule has 0 bridgehead atoms. The van der Waals surface area contributed by atoms with Crippen LogP contribution >= 0.6 is 0 Å². The average molecular weight is 441 g/mol. The van der Waals surface area contributed by atoms with E-state index in [0.29, 0.717) is 11.1 Å². The molecule has 2 unspecified atom stereocenters. The monoisotopic (exact) mass is 441 g/mol. The maximum atomic E-state index is 15.9. The molecule has 2 aromatic rings. The van der Waals surface area contributed by atoms with Crippen LogP contribution < -0.4 is 0 Å². The SMILES string of the molecule is O=C(OCc1ccccc1)C1[C@@H](C(=O)OCc2ccccc2)C1(F)C(=O)N1CCOCC1. The predicted molar refractivity (Wildman–Crippen MR) is 111 cm³/mol. The lowest BCUT2D eigenvalue weighted by atomic mass is 10.2. The summed E-state index contributed by atoms with van der Waals surface area (Å²) in [5.74, 6) is -5.84. The molecule has 168 valence electrons. The molecule has 7 nitrogen and oxygen atoms in total. The van der Waals surface area contributed by atoms with Crippen molar-refractivity contribution in [2.24, 2.45) is 11.8 Å². The van der Waals surface area contributed by atoms with E-state index in [2.05, 4.69) is 0 Å². The Balaban J connectivity index is 1.47. The van der Waals surface area contributed by atoms with Crippen LogP contribution in [0.25, 0.3) is 0 Å². The fourth-order valence-electron chi connectivity index (χ4n) is 3.88. The maximum absolute atomic E-state index is 15.9. The number of carbonyl (C=O) groups is 3. The van der Waals surface area contributed by atoms with Crippen LogP contribution in [0.15, 0.2) is 60.7 Å². The van der Waals surface area contributed by atoms with Crippen LogP contribution in [0.3, 0.4) is 0 Å². The zero-order valence-electron chi connectivity index (χ0n) is 17.4. The standard InChI is InChI=1S/C24H24FNO6/c25-24(23(29)26-11-13-30-14-12-26)19(21(27)31-15-17-7-3-1-4-8-17)20(24)22(28)32-16-18-9-5-2-6-10-18/h1-10,19-20H,11-16H2/t19-,20?,24?/m0/s1. The van der Waals surface area contributed by atoms with E-state index < -0.39 is 35.4 Å². The highest BCUT2D eigenvalue weighted by Gasteiger charge is 2.80. The van der Waals surface area contributed by atoms with Gasteiger partial charge in [-0.2, -0.15) is 0 Å². The van der Waals surface area contributed by atoms with Crippen molar-refractivity contribution >= 4 is 17.8 Å². The molecule has 0 radical (unpaired) electrons. The predicted octanol–water partition coefficient (Wildman–Crippen LogP) is 2.29. The highest BCUT2D eigenvalue weighted by Crippen LogP contribution is 2.56. The van der Waals surface area contributed by atoms with Gasteiger partial charge in [-0.25, -0.2) is 4.39 Å². The summed E-state index contributed by atoms with van der Waals surface area (Å²) in [7, 11) is 0. The molecule has 1 saturated carbocycles. The molecule has 1 heterocycles. The second-order valence-corrected chi connectivity index (χ2v) is 7.81. The Morgan fingerprint density at radius 3 is 1.72 bits per heavy atom. The zero-order chi connectivity index (χ0) is 22.6. The fourth-order valence-corrected chi connectivity index (χ4v) is 3.88. The van der Waals surface area contributed by atoms with E-state index in [0.717, 1.165) is 0 Å². The van der Waals surface area contributed by atoms with Crippen LogP contribution in [0.2, 0.25) is 0 Å². The summed E-state index contributed by atoms with van der Waals surface area (Å²) in [6, 6.07) is 17.8. The third-order valence-electron chi connectivity index (χ3n) is 5.71. The molecule has 8 heteroatoms. The molecule has 1 amide bonds. The van der Waals surface area contributed by atoms with Gasteiger partial charge in [-0.1, -0.05) is 60.7 Å². The number of amides is 1. The lowest BCUT2D eigenvalue weighted by molar-refractivity contribution is -0.152. The number of halogens is 1. The highest BCUT2D eigenvalue weighted by molar-refractivity contribution is 6.05. The Bertz CT molecular complexity index is 899. The molecule has 1 saturated heterocycles. The van der Waals surface area contributed by atoms with Crippen molar-refractivity contribution in [3.8, 4) is 0 Å². The van der Waals surface area contributed by atoms with Gasteiger partial charge in [-0.05, 0) is 11.1 Å². The number of carbonyl (C=O) groups excluding carboxylic acids is 3. The molecule has 2 aromatic carbocycles. The number of esters is 2. The van der Waals surface area contributed by atoms with Gasteiger partial charge in [0, 0.05) is 13.1 Å². The fraction of sp³-hybridized carbons (Fsp3) is 0.375. The molecular formula is C24H24FNO6. The van der Waals surface area contributed by atoms with Gasteiger partial charge < -0.3 is 19.1 Å². The van der Waals surface area contributed by atoms with E-state index in [1.807, 2.05) is 12.1 Å². The number of ether oxygens (including phenoxy) is 3. The van der Waals surface area contributed by atoms with Crippen LogP contribution in [-0.4, -0.2) is 54.7 Å². The molecular weight excluding hydrogens is 417 g/mol. The van der Waals surface area contributed by atoms with Gasteiger partial charge in [0.1, 0.15) is 25.0 Å². The number of benzene rings is 2. The number of alkyl halides is 1. The average Bonchev–Trinajstić information content (AvgIpc) is 3.49. The van der Waals surface area contributed by atoms with E-state index in [-0.39, 0.29) is 39.5 Å². The van der Waals surface area contributed by atoms with Gasteiger partial charge >= 0.3 is 11.9 Å². The molecule has 2 aliphatic rings. The molecule has 3 atom stereocenters. The second-order valence-electron chi connectivity index (χ2n) is 7.81. The van der Waals surface area contributed by atoms with Gasteiger partial charge in [-0.3, -0.25) is 14.4 Å². The summed E-state index contributed by atoms with van der Waals surface area (Å²) >= 11 is 0. The highest BCUT2D eigenvalue weighted by atomic mass is 19.1. The van der Waals surface area contributed by atoms with E-state index in [4.69, 9.17) is 14.2 Å². The number of nitrogens with zero attached hydrogens (tertiary/aromatic N) is 1. The molecule has 0 N–H and O–H groups in total. The largest absolute Gasteiger partial charge is 0.460 e. The first kappa shape index (κ1) is 22.0. The number of rotatable bonds is 7. The first-order valence-electron chi connectivity index (χ1n) is 10.5. The van der Waals surface area contributed by atoms with Crippen molar-refractivity contribution in [1.82, 2.24) is 4.90 Å². The second kappa shape index (κ2) is 9.48. The van der Waals surface area contributed by atoms with Crippen molar-refractivity contribution in [2.45, 2.75) is 18.9 Å². The smallest absolute Gasteiger partial charge is 0.314 e. The Kier molecular flexibility index (Phi) is 6.50. The minimum atomic E-state index is -2.68. The minimum absolute atomic E-state index is 0.0796. The lowest BCUT2D eigenvalue weighted by Gasteiger charge is -2.28. The molecule has 2 fully saturated rings. The van der Waals surface area contributed by atoms with Crippen molar-refractivity contribution in [2.75, 3.05) is 26.3 Å². The van der Waals surface area contributed by atoms with Gasteiger partial charge in [0.2, 0.25) is 5.67 Å². The summed E-state index contributed by atoms with van der Waals surface area (Å²) < 4.78 is 31.6. The van der Waals surface area contributed by atoms with Crippen LogP contribution in [0.4, 0.5) is 4.39 Å². The van der Waals surface area contributed by atoms with Crippen LogP contribution in [0.1, 0.15) is 11.1 Å². The zero-order valence-corrected chi connectivity index (χ0v) is 17.4. The van der Waals surface area contributed by atoms with E-state index in [1.54, 1.807) is 48.5 Å². The Morgan fingerprint density at radius 1 is 0.844 bits per heavy atom. The summed E-state index contributed by atoms with van der Waals surface area (Å²) in [5.41, 5.74) is -1.25. The van der Waals surface area contributed by atoms with Gasteiger partial charge in [0.25, 0.3) is 5.91 Å². The third-order valence-corrected chi connectivity index (χ3v) is 5.71. The van der Waals surface area contributed by atoms with Crippen LogP contribution in [0, 0.1) is 11.8 Å². The number of morpholine rings is 1. The summed E-state index contributed by atoms with van der Waals surface area (Å²) in [6.07, 6.45) is 0. The lowest BCUT2D eigenvalue weighted by Crippen LogP contribution is -2.47. The first-order chi connectivity index (χ1) is 15.5. The third kappa shape index (κ3) is 4.50. The van der Waals surface area contributed by atoms with Crippen LogP contribution in [-0.2, 0) is 41.8 Å². The minimum Gasteiger partial charge on any atom is -0.460 e. The van der Waals surface area contributed by atoms with E-state index >= 15 is 4.39 Å². The number of hydrogen-bond donors (Lipinski definition) is 0. The molecule has 1 aliphatic heterocycles. The van der Waals surface area contributed by atoms with Gasteiger partial charge in [-0.15, -0.1) is 0 Å². The Morgan fingerprint density at radius 2 is 1.28 bits per heavy atom. The topological polar surface area (TPSA) is 82.1 Å². The summed E-state index contributed by atoms with van der Waals surface area (Å²) in [5, 5.41) is 0. The molecule has 32 heavy (non-hydrogen) atoms. The number of hydrogen-bond acceptors (Lipinski definition) is 6. The Hall–Kier alpha value is -3.26. The van der Waals surface area contributed by atoms with Crippen molar-refractivity contribution in [3.63, 3.8) is 0 Å².